The van der Waals surface area contributed by atoms with Crippen molar-refractivity contribution >= 4 is 0 Å². The topological polar surface area (TPSA) is 41.5 Å². The molecule has 0 aliphatic carbocycles. The highest BCUT2D eigenvalue weighted by Crippen LogP contribution is 2.16. The lowest BCUT2D eigenvalue weighted by Crippen LogP contribution is -2.12. The quantitative estimate of drug-likeness (QED) is 0.858. The molecule has 0 saturated heterocycles. The standard InChI is InChI=1S/C15H14F3NO2/c16-12-5-11(6-13(20)7-12)9-19-8-10-1-3-14(4-2-10)21-15(17)18/h1-7,15,19-20H,8-9H2. The van der Waals surface area contributed by atoms with Crippen LogP contribution in [0.2, 0.25) is 0 Å². The number of hydrogen-bond donors (Lipinski definition) is 2. The van der Waals surface area contributed by atoms with E-state index in [9.17, 15) is 18.3 Å². The molecule has 2 rings (SSSR count). The Morgan fingerprint density at radius 3 is 2.29 bits per heavy atom. The maximum Gasteiger partial charge on any atom is 0.387 e. The summed E-state index contributed by atoms with van der Waals surface area (Å²) in [7, 11) is 0. The molecule has 0 saturated carbocycles. The molecule has 0 radical (unpaired) electrons. The number of benzene rings is 2. The van der Waals surface area contributed by atoms with Crippen LogP contribution in [-0.4, -0.2) is 11.7 Å². The van der Waals surface area contributed by atoms with Gasteiger partial charge >= 0.3 is 6.61 Å². The number of nitrogens with one attached hydrogen (secondary N) is 1. The Labute approximate surface area is 120 Å². The van der Waals surface area contributed by atoms with E-state index in [2.05, 4.69) is 10.1 Å². The van der Waals surface area contributed by atoms with Gasteiger partial charge in [-0.1, -0.05) is 12.1 Å². The Hall–Kier alpha value is -2.21. The van der Waals surface area contributed by atoms with Crippen molar-refractivity contribution in [1.82, 2.24) is 5.32 Å². The van der Waals surface area contributed by atoms with Gasteiger partial charge in [-0.3, -0.25) is 0 Å². The highest BCUT2D eigenvalue weighted by atomic mass is 19.3. The third kappa shape index (κ3) is 5.00. The first-order valence-electron chi connectivity index (χ1n) is 6.26. The fourth-order valence-corrected chi connectivity index (χ4v) is 1.88. The highest BCUT2D eigenvalue weighted by molar-refractivity contribution is 5.29. The van der Waals surface area contributed by atoms with E-state index in [1.807, 2.05) is 0 Å². The first kappa shape index (κ1) is 15.2. The zero-order valence-corrected chi connectivity index (χ0v) is 11.0. The lowest BCUT2D eigenvalue weighted by atomic mass is 10.2. The maximum atomic E-state index is 13.1. The first-order valence-corrected chi connectivity index (χ1v) is 6.26. The molecule has 21 heavy (non-hydrogen) atoms. The first-order chi connectivity index (χ1) is 10.0. The van der Waals surface area contributed by atoms with Crippen molar-refractivity contribution in [1.29, 1.82) is 0 Å². The molecule has 0 aromatic heterocycles. The van der Waals surface area contributed by atoms with Gasteiger partial charge in [0.05, 0.1) is 0 Å². The molecule has 0 amide bonds. The lowest BCUT2D eigenvalue weighted by molar-refractivity contribution is -0.0498. The van der Waals surface area contributed by atoms with Gasteiger partial charge in [-0.15, -0.1) is 0 Å². The van der Waals surface area contributed by atoms with Crippen LogP contribution >= 0.6 is 0 Å². The Morgan fingerprint density at radius 1 is 1.00 bits per heavy atom. The largest absolute Gasteiger partial charge is 0.508 e. The minimum absolute atomic E-state index is 0.101. The van der Waals surface area contributed by atoms with E-state index in [1.165, 1.54) is 24.3 Å². The fraction of sp³-hybridized carbons (Fsp3) is 0.200. The normalized spacial score (nSPS) is 10.9. The monoisotopic (exact) mass is 297 g/mol. The molecule has 0 bridgehead atoms. The molecule has 0 atom stereocenters. The van der Waals surface area contributed by atoms with Gasteiger partial charge in [-0.2, -0.15) is 8.78 Å². The van der Waals surface area contributed by atoms with Crippen molar-refractivity contribution in [3.05, 3.63) is 59.4 Å². The Balaban J connectivity index is 1.85. The van der Waals surface area contributed by atoms with Crippen molar-refractivity contribution in [3.8, 4) is 11.5 Å². The Bertz CT molecular complexity index is 568. The minimum Gasteiger partial charge on any atom is -0.508 e. The maximum absolute atomic E-state index is 13.1. The molecular formula is C15H14F3NO2. The van der Waals surface area contributed by atoms with Gasteiger partial charge in [-0.25, -0.2) is 4.39 Å². The summed E-state index contributed by atoms with van der Waals surface area (Å²) in [4.78, 5) is 0. The summed E-state index contributed by atoms with van der Waals surface area (Å²) in [6.45, 7) is -1.98. The predicted octanol–water partition coefficient (Wildman–Crippen LogP) is 3.42. The van der Waals surface area contributed by atoms with Crippen LogP contribution in [0.15, 0.2) is 42.5 Å². The molecule has 2 aromatic rings. The highest BCUT2D eigenvalue weighted by Gasteiger charge is 2.04. The van der Waals surface area contributed by atoms with E-state index in [1.54, 1.807) is 12.1 Å². The number of alkyl halides is 2. The summed E-state index contributed by atoms with van der Waals surface area (Å²) in [6, 6.07) is 10.1. The smallest absolute Gasteiger partial charge is 0.387 e. The Kier molecular flexibility index (Phi) is 5.05. The van der Waals surface area contributed by atoms with Gasteiger partial charge in [0.2, 0.25) is 0 Å². The average molecular weight is 297 g/mol. The van der Waals surface area contributed by atoms with E-state index < -0.39 is 12.4 Å². The second-order valence-corrected chi connectivity index (χ2v) is 4.44. The van der Waals surface area contributed by atoms with Crippen molar-refractivity contribution in [2.24, 2.45) is 0 Å². The zero-order chi connectivity index (χ0) is 15.2. The molecule has 0 heterocycles. The SMILES string of the molecule is Oc1cc(F)cc(CNCc2ccc(OC(F)F)cc2)c1. The van der Waals surface area contributed by atoms with E-state index in [0.717, 1.165) is 11.6 Å². The molecule has 0 unspecified atom stereocenters. The number of rotatable bonds is 6. The van der Waals surface area contributed by atoms with E-state index in [0.29, 0.717) is 18.7 Å². The van der Waals surface area contributed by atoms with Gasteiger partial charge in [0, 0.05) is 19.2 Å². The third-order valence-corrected chi connectivity index (χ3v) is 2.75. The van der Waals surface area contributed by atoms with Crippen LogP contribution in [0.4, 0.5) is 13.2 Å². The van der Waals surface area contributed by atoms with Crippen LogP contribution in [0.1, 0.15) is 11.1 Å². The summed E-state index contributed by atoms with van der Waals surface area (Å²) in [5, 5.41) is 12.3. The second-order valence-electron chi connectivity index (χ2n) is 4.44. The van der Waals surface area contributed by atoms with Crippen LogP contribution in [0.3, 0.4) is 0 Å². The number of ether oxygens (including phenoxy) is 1. The third-order valence-electron chi connectivity index (χ3n) is 2.75. The molecule has 6 heteroatoms. The summed E-state index contributed by atoms with van der Waals surface area (Å²) in [6.07, 6.45) is 0. The van der Waals surface area contributed by atoms with Crippen LogP contribution in [0, 0.1) is 5.82 Å². The van der Waals surface area contributed by atoms with Crippen LogP contribution < -0.4 is 10.1 Å². The van der Waals surface area contributed by atoms with Crippen LogP contribution in [-0.2, 0) is 13.1 Å². The van der Waals surface area contributed by atoms with Crippen LogP contribution in [0.5, 0.6) is 11.5 Å². The summed E-state index contributed by atoms with van der Waals surface area (Å²) in [5.74, 6) is -0.524. The molecule has 0 fully saturated rings. The van der Waals surface area contributed by atoms with Gasteiger partial charge in [0.1, 0.15) is 17.3 Å². The number of phenols is 1. The number of halogens is 3. The summed E-state index contributed by atoms with van der Waals surface area (Å²) in [5.41, 5.74) is 1.49. The minimum atomic E-state index is -2.84. The van der Waals surface area contributed by atoms with Crippen molar-refractivity contribution < 1.29 is 23.0 Å². The van der Waals surface area contributed by atoms with Crippen molar-refractivity contribution in [3.63, 3.8) is 0 Å². The van der Waals surface area contributed by atoms with Gasteiger partial charge in [0.25, 0.3) is 0 Å². The fourth-order valence-electron chi connectivity index (χ4n) is 1.88. The molecule has 112 valence electrons. The predicted molar refractivity (Wildman–Crippen MR) is 71.7 cm³/mol. The number of hydrogen-bond acceptors (Lipinski definition) is 3. The summed E-state index contributed by atoms with van der Waals surface area (Å²) >= 11 is 0. The van der Waals surface area contributed by atoms with Crippen LogP contribution in [0.25, 0.3) is 0 Å². The molecule has 3 nitrogen and oxygen atoms in total. The number of phenolic OH excluding ortho intramolecular Hbond substituents is 1. The van der Waals surface area contributed by atoms with Crippen molar-refractivity contribution in [2.75, 3.05) is 0 Å². The number of aromatic hydroxyl groups is 1. The molecule has 0 aliphatic heterocycles. The van der Waals surface area contributed by atoms with E-state index in [4.69, 9.17) is 0 Å². The molecule has 2 N–H and O–H groups in total. The van der Waals surface area contributed by atoms with Gasteiger partial charge < -0.3 is 15.2 Å². The molecule has 0 aliphatic rings. The van der Waals surface area contributed by atoms with Gasteiger partial charge in [0.15, 0.2) is 0 Å². The Morgan fingerprint density at radius 2 is 1.67 bits per heavy atom. The lowest BCUT2D eigenvalue weighted by Gasteiger charge is -2.08. The average Bonchev–Trinajstić information content (AvgIpc) is 2.39. The van der Waals surface area contributed by atoms with Crippen molar-refractivity contribution in [2.45, 2.75) is 19.7 Å². The molecular weight excluding hydrogens is 283 g/mol. The summed E-state index contributed by atoms with van der Waals surface area (Å²) < 4.78 is 41.3. The van der Waals surface area contributed by atoms with E-state index >= 15 is 0 Å². The van der Waals surface area contributed by atoms with E-state index in [-0.39, 0.29) is 11.5 Å². The molecule has 0 spiro atoms. The zero-order valence-electron chi connectivity index (χ0n) is 11.0. The molecule has 2 aromatic carbocycles. The van der Waals surface area contributed by atoms with Gasteiger partial charge in [-0.05, 0) is 35.4 Å². The second kappa shape index (κ2) is 6.99.